The van der Waals surface area contributed by atoms with Crippen molar-refractivity contribution in [2.24, 2.45) is 23.0 Å². The average Bonchev–Trinajstić information content (AvgIpc) is 3.17. The highest BCUT2D eigenvalue weighted by molar-refractivity contribution is 7.19. The van der Waals surface area contributed by atoms with E-state index < -0.39 is 30.0 Å². The molecule has 0 aromatic carbocycles. The van der Waals surface area contributed by atoms with Crippen molar-refractivity contribution in [2.75, 3.05) is 13.1 Å². The standard InChI is InChI=1S/C27H25F4N5O3S/c1-11-6-16(27(29,30)31)34-20(17(11)23(37)35-9-14(28)15(32)10-35)21-22-12(4-5-33-21)7-13(40-22)8-36-24(38)18-19(25(36)39)26(18,2)3/h4-7,14-15,18-19H,8-10,32H2,1-3H3/t14-,15-,18?,19?/m1/s1. The van der Waals surface area contributed by atoms with Crippen molar-refractivity contribution in [2.45, 2.75) is 45.7 Å². The van der Waals surface area contributed by atoms with Gasteiger partial charge in [0.05, 0.1) is 41.2 Å². The van der Waals surface area contributed by atoms with Crippen LogP contribution in [0.3, 0.4) is 0 Å². The largest absolute Gasteiger partial charge is 0.433 e. The molecule has 6 rings (SSSR count). The molecule has 13 heteroatoms. The number of halogens is 4. The van der Waals surface area contributed by atoms with Gasteiger partial charge in [-0.25, -0.2) is 9.37 Å². The van der Waals surface area contributed by atoms with Crippen LogP contribution in [0.5, 0.6) is 0 Å². The van der Waals surface area contributed by atoms with Gasteiger partial charge in [-0.3, -0.25) is 24.3 Å². The molecule has 40 heavy (non-hydrogen) atoms. The summed E-state index contributed by atoms with van der Waals surface area (Å²) in [5, 5.41) is 0.608. The number of aromatic nitrogens is 2. The first-order valence-electron chi connectivity index (χ1n) is 12.7. The normalized spacial score (nSPS) is 25.7. The molecule has 2 N–H and O–H groups in total. The van der Waals surface area contributed by atoms with Crippen LogP contribution in [0.25, 0.3) is 21.5 Å². The van der Waals surface area contributed by atoms with E-state index in [9.17, 15) is 31.9 Å². The number of thiophene rings is 1. The Bertz CT molecular complexity index is 1570. The molecule has 4 atom stereocenters. The number of alkyl halides is 4. The molecule has 8 nitrogen and oxygen atoms in total. The fraction of sp³-hybridized carbons (Fsp3) is 0.444. The Morgan fingerprint density at radius 2 is 1.82 bits per heavy atom. The summed E-state index contributed by atoms with van der Waals surface area (Å²) in [5.74, 6) is -1.81. The first kappa shape index (κ1) is 26.8. The molecule has 1 aliphatic carbocycles. The number of hydrogen-bond acceptors (Lipinski definition) is 7. The molecule has 1 saturated carbocycles. The summed E-state index contributed by atoms with van der Waals surface area (Å²) in [6.07, 6.45) is -4.85. The minimum atomic E-state index is -4.79. The van der Waals surface area contributed by atoms with Crippen LogP contribution in [0.15, 0.2) is 24.4 Å². The monoisotopic (exact) mass is 575 g/mol. The molecule has 5 heterocycles. The molecule has 3 aromatic rings. The molecule has 0 radical (unpaired) electrons. The number of likely N-dealkylation sites (tertiary alicyclic amines) is 2. The molecule has 2 unspecified atom stereocenters. The maximum atomic E-state index is 14.1. The SMILES string of the molecule is Cc1cc(C(F)(F)F)nc(-c2nccc3cc(CN4C(=O)C5C(C4=O)C5(C)C)sc23)c1C(=O)N1C[C@@H](N)[C@H](F)C1. The van der Waals surface area contributed by atoms with Gasteiger partial charge < -0.3 is 10.6 Å². The fourth-order valence-electron chi connectivity index (χ4n) is 5.95. The predicted octanol–water partition coefficient (Wildman–Crippen LogP) is 3.95. The number of amides is 3. The molecule has 3 aromatic heterocycles. The number of pyridine rings is 2. The van der Waals surface area contributed by atoms with Gasteiger partial charge in [-0.15, -0.1) is 11.3 Å². The molecule has 0 spiro atoms. The van der Waals surface area contributed by atoms with E-state index in [1.54, 1.807) is 12.1 Å². The van der Waals surface area contributed by atoms with E-state index in [4.69, 9.17) is 5.73 Å². The molecule has 2 saturated heterocycles. The number of fused-ring (bicyclic) bond motifs is 2. The van der Waals surface area contributed by atoms with E-state index in [1.165, 1.54) is 22.9 Å². The first-order chi connectivity index (χ1) is 18.7. The quantitative estimate of drug-likeness (QED) is 0.373. The molecule has 0 bridgehead atoms. The Morgan fingerprint density at radius 3 is 2.42 bits per heavy atom. The van der Waals surface area contributed by atoms with Crippen LogP contribution in [-0.4, -0.2) is 62.8 Å². The van der Waals surface area contributed by atoms with Crippen molar-refractivity contribution in [3.8, 4) is 11.4 Å². The third kappa shape index (κ3) is 4.00. The number of carbonyl (C=O) groups is 3. The third-order valence-corrected chi connectivity index (χ3v) is 9.36. The summed E-state index contributed by atoms with van der Waals surface area (Å²) in [6.45, 7) is 4.81. The van der Waals surface area contributed by atoms with Gasteiger partial charge >= 0.3 is 6.18 Å². The van der Waals surface area contributed by atoms with Gasteiger partial charge in [-0.1, -0.05) is 13.8 Å². The maximum Gasteiger partial charge on any atom is 0.433 e. The fourth-order valence-corrected chi connectivity index (χ4v) is 7.09. The van der Waals surface area contributed by atoms with E-state index in [-0.39, 0.29) is 71.2 Å². The summed E-state index contributed by atoms with van der Waals surface area (Å²) in [4.78, 5) is 50.4. The van der Waals surface area contributed by atoms with Gasteiger partial charge in [0.2, 0.25) is 11.8 Å². The smallest absolute Gasteiger partial charge is 0.334 e. The third-order valence-electron chi connectivity index (χ3n) is 8.21. The van der Waals surface area contributed by atoms with Gasteiger partial charge in [0.15, 0.2) is 0 Å². The summed E-state index contributed by atoms with van der Waals surface area (Å²) in [5.41, 5.74) is 3.89. The van der Waals surface area contributed by atoms with Crippen LogP contribution in [0.1, 0.15) is 40.3 Å². The lowest BCUT2D eigenvalue weighted by atomic mass is 10.0. The van der Waals surface area contributed by atoms with Crippen LogP contribution < -0.4 is 5.73 Å². The van der Waals surface area contributed by atoms with E-state index in [2.05, 4.69) is 9.97 Å². The van der Waals surface area contributed by atoms with Gasteiger partial charge in [0.1, 0.15) is 23.3 Å². The van der Waals surface area contributed by atoms with Gasteiger partial charge in [-0.2, -0.15) is 13.2 Å². The van der Waals surface area contributed by atoms with Gasteiger partial charge in [-0.05, 0) is 41.5 Å². The van der Waals surface area contributed by atoms with Crippen LogP contribution >= 0.6 is 11.3 Å². The second-order valence-corrected chi connectivity index (χ2v) is 12.4. The minimum absolute atomic E-state index is 0.0175. The number of rotatable bonds is 4. The Labute approximate surface area is 230 Å². The Balaban J connectivity index is 1.43. The minimum Gasteiger partial charge on any atom is -0.334 e. The van der Waals surface area contributed by atoms with Crippen LogP contribution in [0.2, 0.25) is 0 Å². The Morgan fingerprint density at radius 1 is 1.15 bits per heavy atom. The number of imide groups is 1. The van der Waals surface area contributed by atoms with Crippen LogP contribution in [-0.2, 0) is 22.3 Å². The molecular weight excluding hydrogens is 550 g/mol. The highest BCUT2D eigenvalue weighted by atomic mass is 32.1. The lowest BCUT2D eigenvalue weighted by Crippen LogP contribution is -2.35. The predicted molar refractivity (Wildman–Crippen MR) is 138 cm³/mol. The Hall–Kier alpha value is -3.45. The van der Waals surface area contributed by atoms with Crippen molar-refractivity contribution in [3.05, 3.63) is 46.1 Å². The average molecular weight is 576 g/mol. The summed E-state index contributed by atoms with van der Waals surface area (Å²) < 4.78 is 56.0. The molecule has 3 fully saturated rings. The van der Waals surface area contributed by atoms with E-state index in [0.29, 0.717) is 15.0 Å². The maximum absolute atomic E-state index is 14.1. The van der Waals surface area contributed by atoms with Crippen molar-refractivity contribution in [1.82, 2.24) is 19.8 Å². The van der Waals surface area contributed by atoms with Crippen molar-refractivity contribution in [3.63, 3.8) is 0 Å². The zero-order valence-electron chi connectivity index (χ0n) is 21.8. The second-order valence-electron chi connectivity index (χ2n) is 11.3. The molecule has 3 amide bonds. The summed E-state index contributed by atoms with van der Waals surface area (Å²) in [6, 6.07) is 3.29. The second kappa shape index (κ2) is 8.77. The lowest BCUT2D eigenvalue weighted by Gasteiger charge is -2.20. The topological polar surface area (TPSA) is 109 Å². The van der Waals surface area contributed by atoms with Crippen LogP contribution in [0, 0.1) is 24.2 Å². The summed E-state index contributed by atoms with van der Waals surface area (Å²) in [7, 11) is 0. The molecule has 210 valence electrons. The van der Waals surface area contributed by atoms with E-state index in [1.807, 2.05) is 13.8 Å². The number of hydrogen-bond donors (Lipinski definition) is 1. The van der Waals surface area contributed by atoms with Crippen molar-refractivity contribution < 1.29 is 31.9 Å². The van der Waals surface area contributed by atoms with Gasteiger partial charge in [0, 0.05) is 17.6 Å². The van der Waals surface area contributed by atoms with Crippen molar-refractivity contribution >= 4 is 39.1 Å². The Kier molecular flexibility index (Phi) is 5.87. The molecule has 3 aliphatic rings. The number of aryl methyl sites for hydroxylation is 1. The van der Waals surface area contributed by atoms with E-state index in [0.717, 1.165) is 17.4 Å². The van der Waals surface area contributed by atoms with Crippen LogP contribution in [0.4, 0.5) is 17.6 Å². The van der Waals surface area contributed by atoms with Gasteiger partial charge in [0.25, 0.3) is 5.91 Å². The summed E-state index contributed by atoms with van der Waals surface area (Å²) >= 11 is 1.16. The first-order valence-corrected chi connectivity index (χ1v) is 13.5. The number of piperidine rings is 1. The number of nitrogens with zero attached hydrogens (tertiary/aromatic N) is 4. The zero-order valence-corrected chi connectivity index (χ0v) is 22.6. The highest BCUT2D eigenvalue weighted by Crippen LogP contribution is 2.63. The molecule has 2 aliphatic heterocycles. The lowest BCUT2D eigenvalue weighted by molar-refractivity contribution is -0.144. The number of nitrogens with two attached hydrogens (primary N) is 1. The van der Waals surface area contributed by atoms with E-state index >= 15 is 0 Å². The van der Waals surface area contributed by atoms with Crippen molar-refractivity contribution in [1.29, 1.82) is 0 Å². The molecular formula is C27H25F4N5O3S. The number of carbonyl (C=O) groups excluding carboxylic acids is 3. The highest BCUT2D eigenvalue weighted by Gasteiger charge is 2.72. The zero-order chi connectivity index (χ0) is 28.9.